The highest BCUT2D eigenvalue weighted by molar-refractivity contribution is 7.14. The van der Waals surface area contributed by atoms with E-state index in [0.29, 0.717) is 4.88 Å². The lowest BCUT2D eigenvalue weighted by molar-refractivity contribution is -0.126. The molecule has 126 valence electrons. The summed E-state index contributed by atoms with van der Waals surface area (Å²) in [4.78, 5) is 37.5. The van der Waals surface area contributed by atoms with Gasteiger partial charge in [0.2, 0.25) is 5.91 Å². The van der Waals surface area contributed by atoms with E-state index in [1.165, 1.54) is 30.6 Å². The molecule has 4 nitrogen and oxygen atoms in total. The van der Waals surface area contributed by atoms with Gasteiger partial charge in [0.1, 0.15) is 5.78 Å². The summed E-state index contributed by atoms with van der Waals surface area (Å²) < 4.78 is 0. The van der Waals surface area contributed by atoms with Gasteiger partial charge >= 0.3 is 0 Å². The maximum atomic E-state index is 11.9. The first-order valence-corrected chi connectivity index (χ1v) is 9.27. The molecular weight excluding hydrogens is 310 g/mol. The highest BCUT2D eigenvalue weighted by atomic mass is 32.1. The number of Topliss-reactive ketones (excluding diaryl/α,β-unsaturated/α-hetero) is 2. The lowest BCUT2D eigenvalue weighted by Crippen LogP contribution is -2.36. The molecule has 0 saturated heterocycles. The van der Waals surface area contributed by atoms with Gasteiger partial charge in [-0.25, -0.2) is 0 Å². The fourth-order valence-corrected chi connectivity index (χ4v) is 3.72. The second-order valence-electron chi connectivity index (χ2n) is 6.27. The zero-order chi connectivity index (χ0) is 16.7. The minimum Gasteiger partial charge on any atom is -0.353 e. The number of hydrogen-bond donors (Lipinski definition) is 1. The Morgan fingerprint density at radius 1 is 1.04 bits per heavy atom. The van der Waals surface area contributed by atoms with Gasteiger partial charge in [-0.3, -0.25) is 14.4 Å². The molecule has 1 aliphatic carbocycles. The van der Waals surface area contributed by atoms with Gasteiger partial charge in [0, 0.05) is 36.6 Å². The molecule has 0 bridgehead atoms. The average molecular weight is 335 g/mol. The molecule has 1 saturated carbocycles. The first kappa shape index (κ1) is 17.9. The normalized spacial score (nSPS) is 15.3. The summed E-state index contributed by atoms with van der Waals surface area (Å²) in [5, 5.41) is 3.01. The van der Waals surface area contributed by atoms with E-state index in [1.54, 1.807) is 0 Å². The van der Waals surface area contributed by atoms with Crippen molar-refractivity contribution >= 4 is 28.8 Å². The minimum absolute atomic E-state index is 0.00887. The van der Waals surface area contributed by atoms with Crippen LogP contribution >= 0.6 is 11.3 Å². The van der Waals surface area contributed by atoms with Gasteiger partial charge in [-0.15, -0.1) is 11.3 Å². The Morgan fingerprint density at radius 2 is 1.74 bits per heavy atom. The molecule has 1 heterocycles. The molecule has 0 aliphatic heterocycles. The van der Waals surface area contributed by atoms with Gasteiger partial charge in [-0.05, 0) is 31.9 Å². The van der Waals surface area contributed by atoms with Crippen molar-refractivity contribution in [2.24, 2.45) is 0 Å². The molecule has 1 aliphatic rings. The van der Waals surface area contributed by atoms with E-state index in [0.717, 1.165) is 17.7 Å². The highest BCUT2D eigenvalue weighted by Gasteiger charge is 2.17. The van der Waals surface area contributed by atoms with Crippen LogP contribution in [0.2, 0.25) is 0 Å². The van der Waals surface area contributed by atoms with E-state index in [-0.39, 0.29) is 49.2 Å². The number of carbonyl (C=O) groups excluding carboxylic acids is 3. The van der Waals surface area contributed by atoms with E-state index in [1.807, 2.05) is 19.1 Å². The van der Waals surface area contributed by atoms with Crippen LogP contribution in [0.5, 0.6) is 0 Å². The molecule has 0 atom stereocenters. The van der Waals surface area contributed by atoms with E-state index >= 15 is 0 Å². The second-order valence-corrected chi connectivity index (χ2v) is 7.56. The smallest absolute Gasteiger partial charge is 0.220 e. The summed E-state index contributed by atoms with van der Waals surface area (Å²) in [6, 6.07) is 4.01. The van der Waals surface area contributed by atoms with Crippen LogP contribution in [0.15, 0.2) is 12.1 Å². The van der Waals surface area contributed by atoms with Crippen molar-refractivity contribution in [3.8, 4) is 0 Å². The predicted molar refractivity (Wildman–Crippen MR) is 91.9 cm³/mol. The van der Waals surface area contributed by atoms with Gasteiger partial charge in [0.25, 0.3) is 0 Å². The van der Waals surface area contributed by atoms with Crippen LogP contribution < -0.4 is 5.32 Å². The molecule has 0 spiro atoms. The van der Waals surface area contributed by atoms with Crippen molar-refractivity contribution in [2.45, 2.75) is 70.8 Å². The topological polar surface area (TPSA) is 63.2 Å². The Hall–Kier alpha value is -1.49. The molecule has 0 radical (unpaired) electrons. The van der Waals surface area contributed by atoms with Crippen LogP contribution in [-0.2, 0) is 9.59 Å². The predicted octanol–water partition coefficient (Wildman–Crippen LogP) is 3.82. The summed E-state index contributed by atoms with van der Waals surface area (Å²) in [7, 11) is 0. The van der Waals surface area contributed by atoms with Crippen LogP contribution in [0, 0.1) is 6.92 Å². The molecule has 23 heavy (non-hydrogen) atoms. The molecular formula is C18H25NO3S. The van der Waals surface area contributed by atoms with E-state index in [9.17, 15) is 14.4 Å². The van der Waals surface area contributed by atoms with Gasteiger partial charge in [-0.2, -0.15) is 0 Å². The van der Waals surface area contributed by atoms with Crippen LogP contribution in [0.1, 0.15) is 72.3 Å². The molecule has 1 amide bonds. The number of ketones is 2. The van der Waals surface area contributed by atoms with Crippen molar-refractivity contribution in [3.05, 3.63) is 21.9 Å². The standard InChI is InChI=1S/C18H25NO3S/c1-13-7-11-17(23-13)16(21)10-8-15(20)9-12-18(22)19-14-5-3-2-4-6-14/h7,11,14H,2-6,8-10,12H2,1H3,(H,19,22). The zero-order valence-electron chi connectivity index (χ0n) is 13.7. The van der Waals surface area contributed by atoms with Crippen LogP contribution in [0.25, 0.3) is 0 Å². The number of rotatable bonds is 8. The van der Waals surface area contributed by atoms with E-state index < -0.39 is 0 Å². The van der Waals surface area contributed by atoms with Crippen molar-refractivity contribution in [3.63, 3.8) is 0 Å². The monoisotopic (exact) mass is 335 g/mol. The van der Waals surface area contributed by atoms with Crippen molar-refractivity contribution in [1.82, 2.24) is 5.32 Å². The summed E-state index contributed by atoms with van der Waals surface area (Å²) in [6.07, 6.45) is 6.64. The summed E-state index contributed by atoms with van der Waals surface area (Å²) in [6.45, 7) is 1.96. The second kappa shape index (κ2) is 8.96. The van der Waals surface area contributed by atoms with Crippen molar-refractivity contribution in [2.75, 3.05) is 0 Å². The SMILES string of the molecule is Cc1ccc(C(=O)CCC(=O)CCC(=O)NC2CCCCC2)s1. The number of amides is 1. The maximum absolute atomic E-state index is 11.9. The van der Waals surface area contributed by atoms with Crippen molar-refractivity contribution in [1.29, 1.82) is 0 Å². The lowest BCUT2D eigenvalue weighted by Gasteiger charge is -2.22. The lowest BCUT2D eigenvalue weighted by atomic mass is 9.95. The summed E-state index contributed by atoms with van der Waals surface area (Å²) in [5.41, 5.74) is 0. The summed E-state index contributed by atoms with van der Waals surface area (Å²) >= 11 is 1.46. The molecule has 1 fully saturated rings. The zero-order valence-corrected chi connectivity index (χ0v) is 14.5. The third-order valence-electron chi connectivity index (χ3n) is 4.25. The molecule has 0 unspecified atom stereocenters. The fraction of sp³-hybridized carbons (Fsp3) is 0.611. The highest BCUT2D eigenvalue weighted by Crippen LogP contribution is 2.18. The third kappa shape index (κ3) is 6.26. The molecule has 5 heteroatoms. The Balaban J connectivity index is 1.62. The van der Waals surface area contributed by atoms with E-state index in [4.69, 9.17) is 0 Å². The number of nitrogens with one attached hydrogen (secondary N) is 1. The third-order valence-corrected chi connectivity index (χ3v) is 5.29. The Bertz CT molecular complexity index is 558. The number of aryl methyl sites for hydroxylation is 1. The molecule has 1 N–H and O–H groups in total. The average Bonchev–Trinajstić information content (AvgIpc) is 2.98. The molecule has 1 aromatic rings. The molecule has 0 aromatic carbocycles. The van der Waals surface area contributed by atoms with Gasteiger partial charge in [-0.1, -0.05) is 19.3 Å². The quantitative estimate of drug-likeness (QED) is 0.735. The first-order chi connectivity index (χ1) is 11.0. The van der Waals surface area contributed by atoms with E-state index in [2.05, 4.69) is 5.32 Å². The molecule has 1 aromatic heterocycles. The van der Waals surface area contributed by atoms with Crippen LogP contribution in [0.4, 0.5) is 0 Å². The van der Waals surface area contributed by atoms with Crippen LogP contribution in [-0.4, -0.2) is 23.5 Å². The first-order valence-electron chi connectivity index (χ1n) is 8.45. The largest absolute Gasteiger partial charge is 0.353 e. The minimum atomic E-state index is -0.0366. The van der Waals surface area contributed by atoms with Crippen molar-refractivity contribution < 1.29 is 14.4 Å². The summed E-state index contributed by atoms with van der Waals surface area (Å²) in [5.74, 6) is -0.0287. The van der Waals surface area contributed by atoms with Gasteiger partial charge in [0.05, 0.1) is 4.88 Å². The number of thiophene rings is 1. The number of carbonyl (C=O) groups is 3. The molecule has 2 rings (SSSR count). The Kier molecular flexibility index (Phi) is 6.96. The Labute approximate surface area is 141 Å². The maximum Gasteiger partial charge on any atom is 0.220 e. The fourth-order valence-electron chi connectivity index (χ4n) is 2.89. The van der Waals surface area contributed by atoms with Gasteiger partial charge in [0.15, 0.2) is 5.78 Å². The number of hydrogen-bond acceptors (Lipinski definition) is 4. The van der Waals surface area contributed by atoms with Crippen LogP contribution in [0.3, 0.4) is 0 Å². The van der Waals surface area contributed by atoms with Gasteiger partial charge < -0.3 is 5.32 Å². The Morgan fingerprint density at radius 3 is 2.39 bits per heavy atom.